The third-order valence-electron chi connectivity index (χ3n) is 5.98. The van der Waals surface area contributed by atoms with E-state index in [1.807, 2.05) is 0 Å². The molecule has 2 nitrogen and oxygen atoms in total. The van der Waals surface area contributed by atoms with E-state index >= 15 is 0 Å². The van der Waals surface area contributed by atoms with Gasteiger partial charge in [0.15, 0.2) is 0 Å². The van der Waals surface area contributed by atoms with Crippen molar-refractivity contribution < 1.29 is 0 Å². The predicted octanol–water partition coefficient (Wildman–Crippen LogP) is 3.14. The Bertz CT molecular complexity index is 470. The second-order valence-electron chi connectivity index (χ2n) is 7.09. The van der Waals surface area contributed by atoms with Crippen LogP contribution in [-0.4, -0.2) is 30.6 Å². The molecule has 1 aliphatic carbocycles. The van der Waals surface area contributed by atoms with E-state index in [0.29, 0.717) is 6.04 Å². The Morgan fingerprint density at radius 1 is 1.10 bits per heavy atom. The van der Waals surface area contributed by atoms with Crippen LogP contribution in [0.15, 0.2) is 24.3 Å². The van der Waals surface area contributed by atoms with Crippen molar-refractivity contribution in [2.75, 3.05) is 13.6 Å². The zero-order valence-corrected chi connectivity index (χ0v) is 12.5. The van der Waals surface area contributed by atoms with Gasteiger partial charge in [0.1, 0.15) is 0 Å². The van der Waals surface area contributed by atoms with Crippen LogP contribution in [0, 0.1) is 5.92 Å². The van der Waals surface area contributed by atoms with Crippen molar-refractivity contribution in [1.29, 1.82) is 0 Å². The quantitative estimate of drug-likeness (QED) is 0.908. The molecule has 1 N–H and O–H groups in total. The van der Waals surface area contributed by atoms with Crippen LogP contribution in [0.1, 0.15) is 49.3 Å². The third kappa shape index (κ3) is 2.19. The van der Waals surface area contributed by atoms with Crippen LogP contribution in [0.2, 0.25) is 0 Å². The molecule has 2 saturated heterocycles. The van der Waals surface area contributed by atoms with Crippen LogP contribution in [0.5, 0.6) is 0 Å². The lowest BCUT2D eigenvalue weighted by Crippen LogP contribution is -2.42. The Hall–Kier alpha value is -0.860. The Morgan fingerprint density at radius 2 is 1.85 bits per heavy atom. The smallest absolute Gasteiger partial charge is 0.0326 e. The highest BCUT2D eigenvalue weighted by Gasteiger charge is 2.38. The van der Waals surface area contributed by atoms with Gasteiger partial charge < -0.3 is 10.2 Å². The maximum absolute atomic E-state index is 3.87. The Labute approximate surface area is 122 Å². The number of hydrogen-bond donors (Lipinski definition) is 1. The van der Waals surface area contributed by atoms with Crippen LogP contribution in [0.3, 0.4) is 0 Å². The Kier molecular flexibility index (Phi) is 3.31. The third-order valence-corrected chi connectivity index (χ3v) is 5.98. The molecule has 1 aromatic rings. The summed E-state index contributed by atoms with van der Waals surface area (Å²) < 4.78 is 0. The van der Waals surface area contributed by atoms with E-state index in [0.717, 1.165) is 18.0 Å². The van der Waals surface area contributed by atoms with E-state index in [4.69, 9.17) is 0 Å². The van der Waals surface area contributed by atoms with Crippen molar-refractivity contribution in [2.24, 2.45) is 5.92 Å². The fourth-order valence-electron chi connectivity index (χ4n) is 4.77. The first-order valence-electron chi connectivity index (χ1n) is 8.34. The Balaban J connectivity index is 1.36. The summed E-state index contributed by atoms with van der Waals surface area (Å²) >= 11 is 0. The van der Waals surface area contributed by atoms with Gasteiger partial charge >= 0.3 is 0 Å². The molecule has 4 rings (SSSR count). The van der Waals surface area contributed by atoms with E-state index in [2.05, 4.69) is 41.5 Å². The number of hydrogen-bond acceptors (Lipinski definition) is 2. The first kappa shape index (κ1) is 12.8. The van der Waals surface area contributed by atoms with Gasteiger partial charge in [-0.1, -0.05) is 24.3 Å². The number of piperidine rings is 1. The zero-order valence-electron chi connectivity index (χ0n) is 12.5. The second kappa shape index (κ2) is 5.16. The van der Waals surface area contributed by atoms with E-state index in [1.54, 1.807) is 11.1 Å². The molecule has 3 aliphatic rings. The van der Waals surface area contributed by atoms with Crippen LogP contribution < -0.4 is 5.32 Å². The van der Waals surface area contributed by atoms with Crippen molar-refractivity contribution in [1.82, 2.24) is 10.2 Å². The van der Waals surface area contributed by atoms with Crippen molar-refractivity contribution in [3.05, 3.63) is 35.4 Å². The molecule has 2 heteroatoms. The first-order chi connectivity index (χ1) is 9.81. The van der Waals surface area contributed by atoms with Crippen LogP contribution in [0.4, 0.5) is 0 Å². The summed E-state index contributed by atoms with van der Waals surface area (Å²) in [6.45, 7) is 1.22. The van der Waals surface area contributed by atoms with Gasteiger partial charge in [-0.2, -0.15) is 0 Å². The molecule has 0 spiro atoms. The lowest BCUT2D eigenvalue weighted by molar-refractivity contribution is 0.131. The molecule has 0 amide bonds. The van der Waals surface area contributed by atoms with Gasteiger partial charge in [0, 0.05) is 18.1 Å². The molecular weight excluding hydrogens is 244 g/mol. The maximum Gasteiger partial charge on any atom is 0.0326 e. The van der Waals surface area contributed by atoms with Gasteiger partial charge in [0.2, 0.25) is 0 Å². The first-order valence-corrected chi connectivity index (χ1v) is 8.34. The van der Waals surface area contributed by atoms with Crippen molar-refractivity contribution in [3.63, 3.8) is 0 Å². The molecule has 2 heterocycles. The highest BCUT2D eigenvalue weighted by Crippen LogP contribution is 2.38. The fraction of sp³-hybridized carbons (Fsp3) is 0.667. The molecule has 0 aromatic heterocycles. The van der Waals surface area contributed by atoms with E-state index in [-0.39, 0.29) is 0 Å². The molecule has 108 valence electrons. The lowest BCUT2D eigenvalue weighted by atomic mass is 9.90. The number of rotatable bonds is 3. The number of fused-ring (bicyclic) bond motifs is 3. The van der Waals surface area contributed by atoms with Crippen LogP contribution >= 0.6 is 0 Å². The highest BCUT2D eigenvalue weighted by molar-refractivity contribution is 5.34. The van der Waals surface area contributed by atoms with Crippen LogP contribution in [-0.2, 0) is 6.42 Å². The van der Waals surface area contributed by atoms with Gasteiger partial charge in [0.25, 0.3) is 0 Å². The summed E-state index contributed by atoms with van der Waals surface area (Å²) in [7, 11) is 2.33. The number of benzene rings is 1. The average molecular weight is 270 g/mol. The molecule has 1 aromatic carbocycles. The number of aryl methyl sites for hydroxylation is 1. The van der Waals surface area contributed by atoms with Gasteiger partial charge in [0.05, 0.1) is 0 Å². The SMILES string of the molecule is CN1C2CCC1CC(CNC1CCc3ccccc31)C2. The Morgan fingerprint density at radius 3 is 2.65 bits per heavy atom. The fourth-order valence-corrected chi connectivity index (χ4v) is 4.77. The average Bonchev–Trinajstić information content (AvgIpc) is 2.95. The number of nitrogens with zero attached hydrogens (tertiary/aromatic N) is 1. The summed E-state index contributed by atoms with van der Waals surface area (Å²) in [5.74, 6) is 0.900. The summed E-state index contributed by atoms with van der Waals surface area (Å²) in [4.78, 5) is 2.64. The predicted molar refractivity (Wildman–Crippen MR) is 82.8 cm³/mol. The standard InChI is InChI=1S/C18H26N2/c1-20-15-7-8-16(20)11-13(10-15)12-19-18-9-6-14-4-2-3-5-17(14)18/h2-5,13,15-16,18-19H,6-12H2,1H3. The monoisotopic (exact) mass is 270 g/mol. The molecule has 0 radical (unpaired) electrons. The second-order valence-corrected chi connectivity index (χ2v) is 7.09. The van der Waals surface area contributed by atoms with Crippen molar-refractivity contribution >= 4 is 0 Å². The number of nitrogens with one attached hydrogen (secondary N) is 1. The molecule has 3 atom stereocenters. The van der Waals surface area contributed by atoms with E-state index in [9.17, 15) is 0 Å². The minimum Gasteiger partial charge on any atom is -0.310 e. The summed E-state index contributed by atoms with van der Waals surface area (Å²) in [6.07, 6.45) is 8.24. The van der Waals surface area contributed by atoms with E-state index in [1.165, 1.54) is 45.1 Å². The lowest BCUT2D eigenvalue weighted by Gasteiger charge is -2.36. The molecule has 2 bridgehead atoms. The largest absolute Gasteiger partial charge is 0.310 e. The molecule has 2 fully saturated rings. The van der Waals surface area contributed by atoms with Crippen molar-refractivity contribution in [3.8, 4) is 0 Å². The maximum atomic E-state index is 3.87. The summed E-state index contributed by atoms with van der Waals surface area (Å²) in [5, 5.41) is 3.87. The molecule has 0 saturated carbocycles. The molecular formula is C18H26N2. The van der Waals surface area contributed by atoms with Gasteiger partial charge in [-0.15, -0.1) is 0 Å². The van der Waals surface area contributed by atoms with Gasteiger partial charge in [-0.25, -0.2) is 0 Å². The van der Waals surface area contributed by atoms with Crippen molar-refractivity contribution in [2.45, 2.75) is 56.7 Å². The normalized spacial score (nSPS) is 36.2. The summed E-state index contributed by atoms with van der Waals surface area (Å²) in [6, 6.07) is 11.3. The highest BCUT2D eigenvalue weighted by atomic mass is 15.2. The topological polar surface area (TPSA) is 15.3 Å². The van der Waals surface area contributed by atoms with Gasteiger partial charge in [-0.3, -0.25) is 0 Å². The zero-order chi connectivity index (χ0) is 13.5. The molecule has 20 heavy (non-hydrogen) atoms. The summed E-state index contributed by atoms with van der Waals surface area (Å²) in [5.41, 5.74) is 3.12. The minimum atomic E-state index is 0.614. The van der Waals surface area contributed by atoms with Gasteiger partial charge in [-0.05, 0) is 69.2 Å². The van der Waals surface area contributed by atoms with Crippen LogP contribution in [0.25, 0.3) is 0 Å². The molecule has 2 aliphatic heterocycles. The minimum absolute atomic E-state index is 0.614. The van der Waals surface area contributed by atoms with E-state index < -0.39 is 0 Å². The molecule has 3 unspecified atom stereocenters.